The summed E-state index contributed by atoms with van der Waals surface area (Å²) < 4.78 is 34.5. The van der Waals surface area contributed by atoms with E-state index in [0.29, 0.717) is 12.2 Å². The van der Waals surface area contributed by atoms with Crippen molar-refractivity contribution in [2.45, 2.75) is 44.3 Å². The van der Waals surface area contributed by atoms with E-state index in [9.17, 15) is 13.2 Å². The van der Waals surface area contributed by atoms with E-state index >= 15 is 0 Å². The highest BCUT2D eigenvalue weighted by molar-refractivity contribution is 7.89. The third kappa shape index (κ3) is 4.30. The number of hydrogen-bond donors (Lipinski definition) is 0. The first-order chi connectivity index (χ1) is 15.3. The molecule has 0 radical (unpaired) electrons. The molecule has 0 N–H and O–H groups in total. The molecule has 1 atom stereocenters. The summed E-state index contributed by atoms with van der Waals surface area (Å²) in [4.78, 5) is 15.0. The molecule has 1 aliphatic heterocycles. The summed E-state index contributed by atoms with van der Waals surface area (Å²) >= 11 is 1.53. The van der Waals surface area contributed by atoms with Gasteiger partial charge >= 0.3 is 0 Å². The van der Waals surface area contributed by atoms with Crippen molar-refractivity contribution in [1.29, 1.82) is 0 Å². The number of rotatable bonds is 7. The van der Waals surface area contributed by atoms with Gasteiger partial charge in [0.1, 0.15) is 5.75 Å². The van der Waals surface area contributed by atoms with Crippen LogP contribution in [0, 0.1) is 0 Å². The second kappa shape index (κ2) is 9.05. The average molecular weight is 471 g/mol. The fourth-order valence-electron chi connectivity index (χ4n) is 4.22. The molecule has 2 heterocycles. The molecule has 3 aromatic rings. The summed E-state index contributed by atoms with van der Waals surface area (Å²) in [7, 11) is -2.21. The predicted octanol–water partition coefficient (Wildman–Crippen LogP) is 4.45. The number of para-hydroxylation sites is 1. The van der Waals surface area contributed by atoms with Crippen LogP contribution in [-0.2, 0) is 34.3 Å². The largest absolute Gasteiger partial charge is 0.496 e. The zero-order valence-electron chi connectivity index (χ0n) is 18.3. The van der Waals surface area contributed by atoms with Crippen LogP contribution >= 0.6 is 11.3 Å². The van der Waals surface area contributed by atoms with Crippen molar-refractivity contribution in [2.24, 2.45) is 0 Å². The number of carbonyl (C=O) groups is 1. The SMILES string of the molecule is COc1ccccc1CN(Cc1cccs1)S(=O)(=O)c1ccc2c(c1)CC(C)N2C(C)=O. The second-order valence-electron chi connectivity index (χ2n) is 7.90. The molecule has 1 aromatic heterocycles. The van der Waals surface area contributed by atoms with Gasteiger partial charge in [-0.05, 0) is 54.6 Å². The molecular formula is C24H26N2O4S2. The smallest absolute Gasteiger partial charge is 0.243 e. The number of benzene rings is 2. The van der Waals surface area contributed by atoms with Gasteiger partial charge in [0.05, 0.1) is 12.0 Å². The Balaban J connectivity index is 1.72. The Hall–Kier alpha value is -2.68. The number of nitrogens with zero attached hydrogens (tertiary/aromatic N) is 2. The number of thiophene rings is 1. The molecule has 0 spiro atoms. The Labute approximate surface area is 193 Å². The lowest BCUT2D eigenvalue weighted by atomic mass is 10.1. The molecule has 4 rings (SSSR count). The molecule has 1 unspecified atom stereocenters. The highest BCUT2D eigenvalue weighted by atomic mass is 32.2. The molecule has 0 saturated carbocycles. The topological polar surface area (TPSA) is 66.9 Å². The van der Waals surface area contributed by atoms with Crippen LogP contribution in [0.25, 0.3) is 0 Å². The van der Waals surface area contributed by atoms with E-state index in [-0.39, 0.29) is 29.9 Å². The van der Waals surface area contributed by atoms with Crippen LogP contribution in [0.2, 0.25) is 0 Å². The van der Waals surface area contributed by atoms with E-state index in [1.54, 1.807) is 30.2 Å². The van der Waals surface area contributed by atoms with Crippen LogP contribution in [0.1, 0.15) is 29.9 Å². The standard InChI is InChI=1S/C24H26N2O4S2/c1-17-13-20-14-22(10-11-23(20)26(17)18(2)27)32(28,29)25(16-21-8-6-12-31-21)15-19-7-4-5-9-24(19)30-3/h4-12,14,17H,13,15-16H2,1-3H3. The Kier molecular flexibility index (Phi) is 6.37. The van der Waals surface area contributed by atoms with Crippen molar-refractivity contribution >= 4 is 33.0 Å². The molecule has 0 bridgehead atoms. The first kappa shape index (κ1) is 22.5. The molecule has 2 aromatic carbocycles. The minimum absolute atomic E-state index is 0.0104. The lowest BCUT2D eigenvalue weighted by molar-refractivity contribution is -0.116. The lowest BCUT2D eigenvalue weighted by Gasteiger charge is -2.24. The Morgan fingerprint density at radius 1 is 1.16 bits per heavy atom. The maximum Gasteiger partial charge on any atom is 0.243 e. The average Bonchev–Trinajstić information content (AvgIpc) is 3.39. The van der Waals surface area contributed by atoms with Gasteiger partial charge in [-0.2, -0.15) is 4.31 Å². The zero-order chi connectivity index (χ0) is 22.9. The van der Waals surface area contributed by atoms with Crippen molar-refractivity contribution in [1.82, 2.24) is 4.31 Å². The van der Waals surface area contributed by atoms with Gasteiger partial charge in [0.15, 0.2) is 0 Å². The predicted molar refractivity (Wildman–Crippen MR) is 127 cm³/mol. The monoisotopic (exact) mass is 470 g/mol. The summed E-state index contributed by atoms with van der Waals surface area (Å²) in [6, 6.07) is 16.4. The van der Waals surface area contributed by atoms with Crippen molar-refractivity contribution in [3.05, 3.63) is 76.0 Å². The van der Waals surface area contributed by atoms with Gasteiger partial charge in [0, 0.05) is 42.2 Å². The van der Waals surface area contributed by atoms with Crippen LogP contribution in [0.5, 0.6) is 5.75 Å². The summed E-state index contributed by atoms with van der Waals surface area (Å²) in [6.07, 6.45) is 0.635. The molecule has 0 aliphatic carbocycles. The molecule has 8 heteroatoms. The van der Waals surface area contributed by atoms with E-state index in [1.807, 2.05) is 48.7 Å². The maximum atomic E-state index is 13.8. The molecular weight excluding hydrogens is 444 g/mol. The Morgan fingerprint density at radius 2 is 1.94 bits per heavy atom. The number of hydrogen-bond acceptors (Lipinski definition) is 5. The minimum atomic E-state index is -3.80. The van der Waals surface area contributed by atoms with Crippen LogP contribution in [0.15, 0.2) is 64.9 Å². The minimum Gasteiger partial charge on any atom is -0.496 e. The number of methoxy groups -OCH3 is 1. The van der Waals surface area contributed by atoms with Gasteiger partial charge in [-0.3, -0.25) is 4.79 Å². The number of anilines is 1. The molecule has 32 heavy (non-hydrogen) atoms. The summed E-state index contributed by atoms with van der Waals surface area (Å²) in [5, 5.41) is 1.94. The number of carbonyl (C=O) groups excluding carboxylic acids is 1. The lowest BCUT2D eigenvalue weighted by Crippen LogP contribution is -2.33. The summed E-state index contributed by atoms with van der Waals surface area (Å²) in [6.45, 7) is 3.97. The van der Waals surface area contributed by atoms with Crippen LogP contribution in [0.4, 0.5) is 5.69 Å². The van der Waals surface area contributed by atoms with Crippen LogP contribution < -0.4 is 9.64 Å². The molecule has 0 fully saturated rings. The van der Waals surface area contributed by atoms with Gasteiger partial charge in [-0.15, -0.1) is 11.3 Å². The van der Waals surface area contributed by atoms with Crippen molar-refractivity contribution < 1.29 is 17.9 Å². The quantitative estimate of drug-likeness (QED) is 0.512. The van der Waals surface area contributed by atoms with Gasteiger partial charge in [0.2, 0.25) is 15.9 Å². The fraction of sp³-hybridized carbons (Fsp3) is 0.292. The van der Waals surface area contributed by atoms with E-state index < -0.39 is 10.0 Å². The van der Waals surface area contributed by atoms with Crippen LogP contribution in [-0.4, -0.2) is 31.8 Å². The third-order valence-corrected chi connectivity index (χ3v) is 8.34. The normalized spacial score (nSPS) is 15.8. The number of sulfonamides is 1. The summed E-state index contributed by atoms with van der Waals surface area (Å²) in [5.41, 5.74) is 2.47. The fourth-order valence-corrected chi connectivity index (χ4v) is 6.47. The van der Waals surface area contributed by atoms with E-state index in [0.717, 1.165) is 21.7 Å². The van der Waals surface area contributed by atoms with E-state index in [2.05, 4.69) is 0 Å². The molecule has 168 valence electrons. The number of fused-ring (bicyclic) bond motifs is 1. The summed E-state index contributed by atoms with van der Waals surface area (Å²) in [5.74, 6) is 0.612. The number of ether oxygens (including phenoxy) is 1. The second-order valence-corrected chi connectivity index (χ2v) is 10.9. The molecule has 1 amide bonds. The Morgan fingerprint density at radius 3 is 2.62 bits per heavy atom. The zero-order valence-corrected chi connectivity index (χ0v) is 19.9. The maximum absolute atomic E-state index is 13.8. The van der Waals surface area contributed by atoms with Crippen molar-refractivity contribution in [2.75, 3.05) is 12.0 Å². The first-order valence-electron chi connectivity index (χ1n) is 10.4. The van der Waals surface area contributed by atoms with Gasteiger partial charge in [0.25, 0.3) is 0 Å². The van der Waals surface area contributed by atoms with Gasteiger partial charge < -0.3 is 9.64 Å². The van der Waals surface area contributed by atoms with E-state index in [4.69, 9.17) is 4.74 Å². The van der Waals surface area contributed by atoms with Crippen molar-refractivity contribution in [3.63, 3.8) is 0 Å². The van der Waals surface area contributed by atoms with Crippen LogP contribution in [0.3, 0.4) is 0 Å². The molecule has 6 nitrogen and oxygen atoms in total. The highest BCUT2D eigenvalue weighted by Crippen LogP contribution is 2.35. The first-order valence-corrected chi connectivity index (χ1v) is 12.7. The Bertz CT molecular complexity index is 1220. The molecule has 1 aliphatic rings. The van der Waals surface area contributed by atoms with Gasteiger partial charge in [-0.1, -0.05) is 24.3 Å². The molecule has 0 saturated heterocycles. The highest BCUT2D eigenvalue weighted by Gasteiger charge is 2.32. The van der Waals surface area contributed by atoms with Crippen molar-refractivity contribution in [3.8, 4) is 5.75 Å². The van der Waals surface area contributed by atoms with E-state index in [1.165, 1.54) is 22.6 Å². The third-order valence-electron chi connectivity index (χ3n) is 5.70. The van der Waals surface area contributed by atoms with Gasteiger partial charge in [-0.25, -0.2) is 8.42 Å². The number of amides is 1.